The molecule has 1 rings (SSSR count). The van der Waals surface area contributed by atoms with Crippen LogP contribution in [-0.2, 0) is 0 Å². The van der Waals surface area contributed by atoms with Crippen LogP contribution < -0.4 is 10.6 Å². The van der Waals surface area contributed by atoms with Crippen LogP contribution in [0, 0.1) is 11.8 Å². The van der Waals surface area contributed by atoms with Gasteiger partial charge >= 0.3 is 0 Å². The predicted molar refractivity (Wildman–Crippen MR) is 39.2 cm³/mol. The molecular formula is C7H16N2. The smallest absolute Gasteiger partial charge is 0.0454 e. The molecule has 0 aromatic carbocycles. The normalized spacial score (nSPS) is 38.0. The Morgan fingerprint density at radius 1 is 1.00 bits per heavy atom. The SMILES string of the molecule is CC1CNCNCC1C. The molecular weight excluding hydrogens is 112 g/mol. The Bertz CT molecular complexity index is 73.0. The van der Waals surface area contributed by atoms with Crippen molar-refractivity contribution in [2.24, 2.45) is 11.8 Å². The van der Waals surface area contributed by atoms with Gasteiger partial charge in [-0.25, -0.2) is 0 Å². The molecule has 0 saturated carbocycles. The lowest BCUT2D eigenvalue weighted by Crippen LogP contribution is -2.26. The van der Waals surface area contributed by atoms with E-state index in [2.05, 4.69) is 24.5 Å². The fourth-order valence-corrected chi connectivity index (χ4v) is 1.09. The predicted octanol–water partition coefficient (Wildman–Crippen LogP) is 0.409. The Hall–Kier alpha value is -0.0800. The molecule has 1 aliphatic rings. The average molecular weight is 128 g/mol. The molecule has 1 saturated heterocycles. The van der Waals surface area contributed by atoms with Gasteiger partial charge in [0.05, 0.1) is 0 Å². The van der Waals surface area contributed by atoms with Crippen LogP contribution in [0.25, 0.3) is 0 Å². The molecule has 0 aliphatic carbocycles. The number of nitrogens with one attached hydrogen (secondary N) is 2. The first-order valence-electron chi connectivity index (χ1n) is 3.72. The van der Waals surface area contributed by atoms with E-state index >= 15 is 0 Å². The molecule has 0 aromatic heterocycles. The summed E-state index contributed by atoms with van der Waals surface area (Å²) < 4.78 is 0. The lowest BCUT2D eigenvalue weighted by molar-refractivity contribution is 0.400. The lowest BCUT2D eigenvalue weighted by atomic mass is 9.97. The van der Waals surface area contributed by atoms with Gasteiger partial charge in [0.15, 0.2) is 0 Å². The molecule has 9 heavy (non-hydrogen) atoms. The molecule has 2 nitrogen and oxygen atoms in total. The van der Waals surface area contributed by atoms with Crippen molar-refractivity contribution in [2.75, 3.05) is 19.8 Å². The monoisotopic (exact) mass is 128 g/mol. The second-order valence-corrected chi connectivity index (χ2v) is 3.04. The number of hydrogen-bond acceptors (Lipinski definition) is 2. The number of rotatable bonds is 0. The molecule has 0 bridgehead atoms. The minimum atomic E-state index is 0.819. The standard InChI is InChI=1S/C7H16N2/c1-6-3-8-5-9-4-7(6)2/h6-9H,3-5H2,1-2H3. The molecule has 1 fully saturated rings. The third kappa shape index (κ3) is 1.95. The molecule has 0 spiro atoms. The first kappa shape index (κ1) is 7.03. The van der Waals surface area contributed by atoms with Crippen LogP contribution >= 0.6 is 0 Å². The zero-order chi connectivity index (χ0) is 6.69. The third-order valence-electron chi connectivity index (χ3n) is 2.15. The summed E-state index contributed by atoms with van der Waals surface area (Å²) in [5.74, 6) is 1.64. The Balaban J connectivity index is 2.32. The summed E-state index contributed by atoms with van der Waals surface area (Å²) in [6.07, 6.45) is 0. The van der Waals surface area contributed by atoms with Crippen molar-refractivity contribution < 1.29 is 0 Å². The van der Waals surface area contributed by atoms with Crippen LogP contribution in [-0.4, -0.2) is 19.8 Å². The summed E-state index contributed by atoms with van der Waals surface area (Å²) in [4.78, 5) is 0. The van der Waals surface area contributed by atoms with E-state index in [-0.39, 0.29) is 0 Å². The van der Waals surface area contributed by atoms with Crippen LogP contribution in [0.3, 0.4) is 0 Å². The second-order valence-electron chi connectivity index (χ2n) is 3.04. The zero-order valence-corrected chi connectivity index (χ0v) is 6.28. The molecule has 54 valence electrons. The van der Waals surface area contributed by atoms with Crippen molar-refractivity contribution in [3.8, 4) is 0 Å². The maximum absolute atomic E-state index is 3.32. The summed E-state index contributed by atoms with van der Waals surface area (Å²) in [7, 11) is 0. The van der Waals surface area contributed by atoms with E-state index in [4.69, 9.17) is 0 Å². The topological polar surface area (TPSA) is 24.1 Å². The van der Waals surface area contributed by atoms with E-state index in [1.165, 1.54) is 0 Å². The molecule has 2 heteroatoms. The van der Waals surface area contributed by atoms with Gasteiger partial charge in [-0.2, -0.15) is 0 Å². The molecule has 1 heterocycles. The van der Waals surface area contributed by atoms with E-state index in [9.17, 15) is 0 Å². The van der Waals surface area contributed by atoms with Gasteiger partial charge in [-0.05, 0) is 24.9 Å². The fourth-order valence-electron chi connectivity index (χ4n) is 1.09. The third-order valence-corrected chi connectivity index (χ3v) is 2.15. The highest BCUT2D eigenvalue weighted by Gasteiger charge is 2.13. The maximum atomic E-state index is 3.32. The quantitative estimate of drug-likeness (QED) is 0.494. The van der Waals surface area contributed by atoms with E-state index in [0.29, 0.717) is 0 Å². The van der Waals surface area contributed by atoms with Gasteiger partial charge in [-0.1, -0.05) is 13.8 Å². The fraction of sp³-hybridized carbons (Fsp3) is 1.00. The van der Waals surface area contributed by atoms with Crippen molar-refractivity contribution >= 4 is 0 Å². The van der Waals surface area contributed by atoms with Crippen molar-refractivity contribution in [1.82, 2.24) is 10.6 Å². The largest absolute Gasteiger partial charge is 0.304 e. The van der Waals surface area contributed by atoms with E-state index in [1.807, 2.05) is 0 Å². The average Bonchev–Trinajstić information content (AvgIpc) is 1.99. The molecule has 0 amide bonds. The molecule has 0 radical (unpaired) electrons. The van der Waals surface area contributed by atoms with E-state index in [1.54, 1.807) is 0 Å². The van der Waals surface area contributed by atoms with Gasteiger partial charge in [0, 0.05) is 6.67 Å². The highest BCUT2D eigenvalue weighted by Crippen LogP contribution is 2.09. The first-order chi connectivity index (χ1) is 4.30. The van der Waals surface area contributed by atoms with Crippen LogP contribution in [0.1, 0.15) is 13.8 Å². The summed E-state index contributed by atoms with van der Waals surface area (Å²) >= 11 is 0. The second kappa shape index (κ2) is 3.18. The van der Waals surface area contributed by atoms with Gasteiger partial charge in [0.2, 0.25) is 0 Å². The Labute approximate surface area is 57.0 Å². The summed E-state index contributed by atoms with van der Waals surface area (Å²) in [5, 5.41) is 6.63. The van der Waals surface area contributed by atoms with Gasteiger partial charge in [0.1, 0.15) is 0 Å². The van der Waals surface area contributed by atoms with Gasteiger partial charge in [-0.3, -0.25) is 0 Å². The highest BCUT2D eigenvalue weighted by atomic mass is 15.1. The van der Waals surface area contributed by atoms with Crippen LogP contribution in [0.5, 0.6) is 0 Å². The van der Waals surface area contributed by atoms with Crippen LogP contribution in [0.4, 0.5) is 0 Å². The van der Waals surface area contributed by atoms with Crippen molar-refractivity contribution in [3.63, 3.8) is 0 Å². The molecule has 1 aliphatic heterocycles. The first-order valence-corrected chi connectivity index (χ1v) is 3.72. The number of hydrogen-bond donors (Lipinski definition) is 2. The molecule has 2 atom stereocenters. The maximum Gasteiger partial charge on any atom is 0.0454 e. The molecule has 0 aromatic rings. The van der Waals surface area contributed by atoms with Crippen LogP contribution in [0.15, 0.2) is 0 Å². The van der Waals surface area contributed by atoms with Crippen molar-refractivity contribution in [1.29, 1.82) is 0 Å². The Kier molecular flexibility index (Phi) is 2.49. The summed E-state index contributed by atoms with van der Waals surface area (Å²) in [6, 6.07) is 0. The van der Waals surface area contributed by atoms with Gasteiger partial charge in [-0.15, -0.1) is 0 Å². The van der Waals surface area contributed by atoms with Crippen LogP contribution in [0.2, 0.25) is 0 Å². The van der Waals surface area contributed by atoms with Gasteiger partial charge in [0.25, 0.3) is 0 Å². The van der Waals surface area contributed by atoms with Gasteiger partial charge < -0.3 is 10.6 Å². The van der Waals surface area contributed by atoms with Crippen molar-refractivity contribution in [2.45, 2.75) is 13.8 Å². The molecule has 2 unspecified atom stereocenters. The minimum absolute atomic E-state index is 0.819. The minimum Gasteiger partial charge on any atom is -0.304 e. The summed E-state index contributed by atoms with van der Waals surface area (Å²) in [6.45, 7) is 7.90. The Morgan fingerprint density at radius 2 is 1.44 bits per heavy atom. The van der Waals surface area contributed by atoms with Crippen molar-refractivity contribution in [3.05, 3.63) is 0 Å². The zero-order valence-electron chi connectivity index (χ0n) is 6.28. The van der Waals surface area contributed by atoms with E-state index in [0.717, 1.165) is 31.6 Å². The van der Waals surface area contributed by atoms with E-state index < -0.39 is 0 Å². The highest BCUT2D eigenvalue weighted by molar-refractivity contribution is 4.69. The molecule has 2 N–H and O–H groups in total. The summed E-state index contributed by atoms with van der Waals surface area (Å²) in [5.41, 5.74) is 0. The lowest BCUT2D eigenvalue weighted by Gasteiger charge is -2.14. The Morgan fingerprint density at radius 3 is 1.89 bits per heavy atom.